The Labute approximate surface area is 163 Å². The second kappa shape index (κ2) is 8.64. The Morgan fingerprint density at radius 3 is 2.07 bits per heavy atom. The van der Waals surface area contributed by atoms with Crippen molar-refractivity contribution in [2.75, 3.05) is 0 Å². The molecule has 121 valence electrons. The van der Waals surface area contributed by atoms with E-state index in [0.717, 1.165) is 33.1 Å². The first-order valence-corrected chi connectivity index (χ1v) is 8.44. The van der Waals surface area contributed by atoms with Crippen molar-refractivity contribution in [2.45, 2.75) is 0 Å². The molecule has 4 rings (SSSR count). The molecule has 0 aliphatic carbocycles. The smallest absolute Gasteiger partial charge is 0.455 e. The molecule has 0 aliphatic rings. The molecule has 0 fully saturated rings. The summed E-state index contributed by atoms with van der Waals surface area (Å²) in [6.07, 6.45) is -0.463. The number of benzene rings is 3. The summed E-state index contributed by atoms with van der Waals surface area (Å²) in [7, 11) is 14.3. The molecule has 7 radical (unpaired) electrons. The van der Waals surface area contributed by atoms with E-state index in [2.05, 4.69) is 12.1 Å². The average Bonchev–Trinajstić information content (AvgIpc) is 3.07. The lowest BCUT2D eigenvalue weighted by molar-refractivity contribution is 0.426. The molecular weight excluding hydrogens is 329 g/mol. The zero-order valence-electron chi connectivity index (χ0n) is 14.6. The molecular formula is C18H13B6O3. The van der Waals surface area contributed by atoms with E-state index in [4.69, 9.17) is 27.6 Å². The molecule has 0 saturated carbocycles. The van der Waals surface area contributed by atoms with Crippen LogP contribution in [0, 0.1) is 0 Å². The van der Waals surface area contributed by atoms with Crippen molar-refractivity contribution in [3.63, 3.8) is 0 Å². The quantitative estimate of drug-likeness (QED) is 0.547. The third-order valence-corrected chi connectivity index (χ3v) is 4.15. The van der Waals surface area contributed by atoms with Gasteiger partial charge < -0.3 is 14.5 Å². The molecule has 0 bridgehead atoms. The van der Waals surface area contributed by atoms with Gasteiger partial charge in [-0.1, -0.05) is 60.7 Å². The largest absolute Gasteiger partial charge is 0.488 e. The molecule has 0 unspecified atom stereocenters. The fraction of sp³-hybridized carbons (Fsp3) is 0. The summed E-state index contributed by atoms with van der Waals surface area (Å²) in [6, 6.07) is 21.2. The van der Waals surface area contributed by atoms with Crippen molar-refractivity contribution in [1.29, 1.82) is 0 Å². The Morgan fingerprint density at radius 1 is 0.815 bits per heavy atom. The van der Waals surface area contributed by atoms with Crippen molar-refractivity contribution in [3.8, 4) is 11.1 Å². The van der Waals surface area contributed by atoms with E-state index in [0.29, 0.717) is 5.46 Å². The van der Waals surface area contributed by atoms with Crippen molar-refractivity contribution in [1.82, 2.24) is 0 Å². The molecule has 0 spiro atoms. The molecule has 0 atom stereocenters. The van der Waals surface area contributed by atoms with Gasteiger partial charge in [0.15, 0.2) is 0 Å². The first kappa shape index (κ1) is 19.5. The number of furan rings is 1. The third kappa shape index (κ3) is 4.37. The second-order valence-corrected chi connectivity index (χ2v) is 6.05. The van der Waals surface area contributed by atoms with Gasteiger partial charge in [0.05, 0.1) is 0 Å². The van der Waals surface area contributed by atoms with E-state index in [1.807, 2.05) is 42.5 Å². The topological polar surface area (TPSA) is 53.6 Å². The van der Waals surface area contributed by atoms with E-state index in [-0.39, 0.29) is 0 Å². The number of hydrogen-bond acceptors (Lipinski definition) is 3. The number of fused-ring (bicyclic) bond motifs is 3. The maximum absolute atomic E-state index is 9.19. The van der Waals surface area contributed by atoms with Crippen LogP contribution in [0.15, 0.2) is 71.1 Å². The highest BCUT2D eigenvalue weighted by Crippen LogP contribution is 2.35. The molecule has 3 aromatic carbocycles. The second-order valence-electron chi connectivity index (χ2n) is 6.05. The molecule has 2 N–H and O–H groups in total. The van der Waals surface area contributed by atoms with Gasteiger partial charge in [-0.2, -0.15) is 0 Å². The summed E-state index contributed by atoms with van der Waals surface area (Å²) in [5.41, 5.74) is 4.16. The Hall–Kier alpha value is -2.23. The van der Waals surface area contributed by atoms with Gasteiger partial charge in [0.25, 0.3) is 0 Å². The van der Waals surface area contributed by atoms with Gasteiger partial charge >= 0.3 is 7.12 Å². The zero-order valence-corrected chi connectivity index (χ0v) is 14.6. The summed E-state index contributed by atoms with van der Waals surface area (Å²) >= 11 is 0. The number of para-hydroxylation sites is 2. The van der Waals surface area contributed by atoms with Crippen LogP contribution in [0.4, 0.5) is 0 Å². The first-order chi connectivity index (χ1) is 13.0. The van der Waals surface area contributed by atoms with E-state index >= 15 is 0 Å². The molecule has 1 aromatic heterocycles. The highest BCUT2D eigenvalue weighted by atomic mass is 16.4. The Bertz CT molecular complexity index is 1030. The fourth-order valence-electron chi connectivity index (χ4n) is 2.81. The predicted octanol–water partition coefficient (Wildman–Crippen LogP) is 1.03. The number of hydrogen-bond donors (Lipinski definition) is 2. The van der Waals surface area contributed by atoms with Crippen LogP contribution in [0.2, 0.25) is 0 Å². The summed E-state index contributed by atoms with van der Waals surface area (Å²) in [4.78, 5) is 0. The SMILES string of the molecule is OB(O)c1ccc(-c2cccc3c2oc2ccccc23)cc1.[B][B]B([B])[B]. The van der Waals surface area contributed by atoms with Crippen molar-refractivity contribution >= 4 is 71.2 Å². The summed E-state index contributed by atoms with van der Waals surface area (Å²) in [6.45, 7) is 0. The van der Waals surface area contributed by atoms with Crippen LogP contribution in [0.25, 0.3) is 33.1 Å². The highest BCUT2D eigenvalue weighted by Gasteiger charge is 2.13. The van der Waals surface area contributed by atoms with Crippen molar-refractivity contribution in [2.24, 2.45) is 0 Å². The molecule has 3 nitrogen and oxygen atoms in total. The standard InChI is InChI=1S/C18H13BO3.B5/c20-19(21)13-10-8-12(9-11-13)14-5-3-6-16-15-4-1-2-7-17(15)22-18(14)16;1-4-5(2)3/h1-11,20-21H;. The van der Waals surface area contributed by atoms with E-state index < -0.39 is 13.5 Å². The van der Waals surface area contributed by atoms with E-state index in [1.165, 1.54) is 7.06 Å². The molecule has 4 aromatic rings. The molecule has 9 heteroatoms. The summed E-state index contributed by atoms with van der Waals surface area (Å²) in [5, 5.41) is 20.6. The minimum absolute atomic E-state index is 0.463. The minimum atomic E-state index is -1.45. The van der Waals surface area contributed by atoms with E-state index in [9.17, 15) is 10.0 Å². The summed E-state index contributed by atoms with van der Waals surface area (Å²) in [5.74, 6) is 0. The van der Waals surface area contributed by atoms with Crippen LogP contribution in [0.1, 0.15) is 0 Å². The van der Waals surface area contributed by atoms with Crippen molar-refractivity contribution < 1.29 is 14.5 Å². The van der Waals surface area contributed by atoms with Gasteiger partial charge in [-0.3, -0.25) is 0 Å². The van der Waals surface area contributed by atoms with Gasteiger partial charge in [-0.05, 0) is 17.1 Å². The Morgan fingerprint density at radius 2 is 1.44 bits per heavy atom. The van der Waals surface area contributed by atoms with Crippen LogP contribution >= 0.6 is 0 Å². The van der Waals surface area contributed by atoms with Gasteiger partial charge in [-0.25, -0.2) is 0 Å². The molecule has 0 saturated heterocycles. The lowest BCUT2D eigenvalue weighted by Gasteiger charge is -2.04. The Kier molecular flexibility index (Phi) is 6.25. The average molecular weight is 342 g/mol. The summed E-state index contributed by atoms with van der Waals surface area (Å²) < 4.78 is 6.02. The highest BCUT2D eigenvalue weighted by molar-refractivity contribution is 7.60. The number of rotatable bonds is 3. The first-order valence-electron chi connectivity index (χ1n) is 8.44. The van der Waals surface area contributed by atoms with Crippen LogP contribution in [0.5, 0.6) is 0 Å². The molecule has 0 amide bonds. The van der Waals surface area contributed by atoms with Gasteiger partial charge in [0.1, 0.15) is 11.2 Å². The van der Waals surface area contributed by atoms with Gasteiger partial charge in [0, 0.05) is 53.0 Å². The lowest BCUT2D eigenvalue weighted by Crippen LogP contribution is -2.29. The molecule has 27 heavy (non-hydrogen) atoms. The van der Waals surface area contributed by atoms with Gasteiger partial charge in [-0.15, -0.1) is 0 Å². The van der Waals surface area contributed by atoms with Gasteiger partial charge in [0.2, 0.25) is 0 Å². The lowest BCUT2D eigenvalue weighted by atomic mass is 8.97. The third-order valence-electron chi connectivity index (χ3n) is 4.15. The Balaban J connectivity index is 0.000000376. The van der Waals surface area contributed by atoms with Crippen LogP contribution < -0.4 is 5.46 Å². The van der Waals surface area contributed by atoms with Crippen LogP contribution in [-0.2, 0) is 0 Å². The molecule has 0 aliphatic heterocycles. The predicted molar refractivity (Wildman–Crippen MR) is 118 cm³/mol. The van der Waals surface area contributed by atoms with Crippen LogP contribution in [0.3, 0.4) is 0 Å². The maximum Gasteiger partial charge on any atom is 0.488 e. The van der Waals surface area contributed by atoms with E-state index in [1.54, 1.807) is 12.1 Å². The minimum Gasteiger partial charge on any atom is -0.455 e. The van der Waals surface area contributed by atoms with Crippen LogP contribution in [-0.4, -0.2) is 53.8 Å². The maximum atomic E-state index is 9.19. The normalized spacial score (nSPS) is 10.3. The fourth-order valence-corrected chi connectivity index (χ4v) is 2.81. The molecule has 1 heterocycles. The monoisotopic (exact) mass is 343 g/mol. The zero-order chi connectivity index (χ0) is 19.4. The van der Waals surface area contributed by atoms with Crippen molar-refractivity contribution in [3.05, 3.63) is 66.7 Å².